The van der Waals surface area contributed by atoms with Gasteiger partial charge in [-0.25, -0.2) is 0 Å². The van der Waals surface area contributed by atoms with Crippen molar-refractivity contribution in [3.05, 3.63) is 59.7 Å². The molecule has 0 amide bonds. The van der Waals surface area contributed by atoms with Gasteiger partial charge in [-0.15, -0.1) is 0 Å². The normalized spacial score (nSPS) is 27.6. The second kappa shape index (κ2) is 2.68. The van der Waals surface area contributed by atoms with Crippen LogP contribution in [0.3, 0.4) is 0 Å². The van der Waals surface area contributed by atoms with E-state index < -0.39 is 0 Å². The third-order valence-electron chi connectivity index (χ3n) is 2.98. The summed E-state index contributed by atoms with van der Waals surface area (Å²) < 4.78 is 0. The average molecular weight is 182 g/mol. The fourth-order valence-electron chi connectivity index (χ4n) is 2.25. The molecule has 14 heavy (non-hydrogen) atoms. The Morgan fingerprint density at radius 3 is 2.57 bits per heavy atom. The first-order valence-electron chi connectivity index (χ1n) is 4.85. The van der Waals surface area contributed by atoms with Crippen molar-refractivity contribution in [1.82, 2.24) is 0 Å². The van der Waals surface area contributed by atoms with E-state index >= 15 is 0 Å². The van der Waals surface area contributed by atoms with E-state index in [4.69, 9.17) is 0 Å². The second-order valence-electron chi connectivity index (χ2n) is 3.78. The Labute approximate surface area is 82.8 Å². The van der Waals surface area contributed by atoms with Gasteiger partial charge in [-0.1, -0.05) is 42.5 Å². The summed E-state index contributed by atoms with van der Waals surface area (Å²) in [7, 11) is 0. The molecule has 1 aromatic rings. The standard InChI is InChI=1S/C13H10O/c14-13-8-6-9-5-7-12(13)11-4-2-1-3-10(9)11/h1-9,12H/t9-,12-/m0/s1. The van der Waals surface area contributed by atoms with Gasteiger partial charge in [0.15, 0.2) is 5.78 Å². The van der Waals surface area contributed by atoms with E-state index in [0.29, 0.717) is 5.92 Å². The van der Waals surface area contributed by atoms with Crippen LogP contribution in [0.5, 0.6) is 0 Å². The van der Waals surface area contributed by atoms with Crippen molar-refractivity contribution in [3.63, 3.8) is 0 Å². The highest BCUT2D eigenvalue weighted by Gasteiger charge is 2.27. The van der Waals surface area contributed by atoms with Gasteiger partial charge < -0.3 is 0 Å². The first-order valence-corrected chi connectivity index (χ1v) is 4.85. The number of fused-ring (bicyclic) bond motifs is 1. The Bertz CT molecular complexity index is 454. The molecule has 0 aromatic heterocycles. The molecule has 0 saturated carbocycles. The number of rotatable bonds is 0. The lowest BCUT2D eigenvalue weighted by atomic mass is 9.83. The summed E-state index contributed by atoms with van der Waals surface area (Å²) in [5.41, 5.74) is 2.46. The van der Waals surface area contributed by atoms with Crippen LogP contribution in [0.1, 0.15) is 23.0 Å². The summed E-state index contributed by atoms with van der Waals surface area (Å²) in [4.78, 5) is 11.7. The molecule has 0 unspecified atom stereocenters. The molecule has 1 heteroatoms. The van der Waals surface area contributed by atoms with Gasteiger partial charge >= 0.3 is 0 Å². The Morgan fingerprint density at radius 1 is 0.929 bits per heavy atom. The van der Waals surface area contributed by atoms with Crippen molar-refractivity contribution >= 4 is 5.78 Å². The zero-order valence-electron chi connectivity index (χ0n) is 7.68. The zero-order valence-corrected chi connectivity index (χ0v) is 7.68. The van der Waals surface area contributed by atoms with E-state index in [1.54, 1.807) is 6.08 Å². The summed E-state index contributed by atoms with van der Waals surface area (Å²) in [6.45, 7) is 0. The molecule has 2 atom stereocenters. The number of allylic oxidation sites excluding steroid dienone is 4. The van der Waals surface area contributed by atoms with Gasteiger partial charge in [0.05, 0.1) is 5.92 Å². The number of carbonyl (C=O) groups excluding carboxylic acids is 1. The number of ketones is 1. The van der Waals surface area contributed by atoms with Gasteiger partial charge in [0.1, 0.15) is 0 Å². The van der Waals surface area contributed by atoms with Gasteiger partial charge in [0, 0.05) is 5.92 Å². The third-order valence-corrected chi connectivity index (χ3v) is 2.98. The van der Waals surface area contributed by atoms with Crippen molar-refractivity contribution in [2.75, 3.05) is 0 Å². The van der Waals surface area contributed by atoms with E-state index in [1.807, 2.05) is 24.3 Å². The fraction of sp³-hybridized carbons (Fsp3) is 0.154. The van der Waals surface area contributed by atoms with Gasteiger partial charge in [-0.3, -0.25) is 4.79 Å². The molecule has 3 aliphatic carbocycles. The average Bonchev–Trinajstić information content (AvgIpc) is 2.49. The van der Waals surface area contributed by atoms with E-state index in [0.717, 1.165) is 0 Å². The van der Waals surface area contributed by atoms with Crippen molar-refractivity contribution in [2.45, 2.75) is 11.8 Å². The molecule has 3 aliphatic rings. The Hall–Kier alpha value is -1.63. The summed E-state index contributed by atoms with van der Waals surface area (Å²) in [6.07, 6.45) is 7.85. The van der Waals surface area contributed by atoms with Crippen LogP contribution in [-0.2, 0) is 4.79 Å². The summed E-state index contributed by atoms with van der Waals surface area (Å²) in [5, 5.41) is 0. The highest BCUT2D eigenvalue weighted by Crippen LogP contribution is 2.37. The van der Waals surface area contributed by atoms with Crippen LogP contribution in [0, 0.1) is 0 Å². The lowest BCUT2D eigenvalue weighted by Crippen LogP contribution is -2.11. The zero-order chi connectivity index (χ0) is 9.54. The molecule has 0 radical (unpaired) electrons. The summed E-state index contributed by atoms with van der Waals surface area (Å²) in [6, 6.07) is 8.20. The van der Waals surface area contributed by atoms with Gasteiger partial charge in [-0.05, 0) is 17.2 Å². The van der Waals surface area contributed by atoms with E-state index in [9.17, 15) is 4.79 Å². The number of hydrogen-bond acceptors (Lipinski definition) is 1. The molecule has 0 spiro atoms. The molecular formula is C13H10O. The van der Waals surface area contributed by atoms with Crippen LogP contribution in [0.2, 0.25) is 0 Å². The predicted octanol–water partition coefficient (Wildman–Crippen LogP) is 2.56. The molecule has 0 fully saturated rings. The molecule has 0 N–H and O–H groups in total. The van der Waals surface area contributed by atoms with Crippen molar-refractivity contribution < 1.29 is 4.79 Å². The SMILES string of the molecule is O=C1C=C[C@@H]2C=C[C@H]1c1ccccc12. The number of hydrogen-bond donors (Lipinski definition) is 0. The van der Waals surface area contributed by atoms with Crippen LogP contribution >= 0.6 is 0 Å². The van der Waals surface area contributed by atoms with E-state index in [2.05, 4.69) is 18.2 Å². The van der Waals surface area contributed by atoms with E-state index in [-0.39, 0.29) is 11.7 Å². The molecule has 4 rings (SSSR count). The minimum Gasteiger partial charge on any atom is -0.294 e. The minimum atomic E-state index is -0.0406. The predicted molar refractivity (Wildman–Crippen MR) is 55.2 cm³/mol. The van der Waals surface area contributed by atoms with Gasteiger partial charge in [-0.2, -0.15) is 0 Å². The fourth-order valence-corrected chi connectivity index (χ4v) is 2.25. The molecule has 68 valence electrons. The van der Waals surface area contributed by atoms with Gasteiger partial charge in [0.2, 0.25) is 0 Å². The van der Waals surface area contributed by atoms with Crippen LogP contribution in [0.25, 0.3) is 0 Å². The molecule has 0 saturated heterocycles. The maximum absolute atomic E-state index is 11.7. The Kier molecular flexibility index (Phi) is 1.48. The molecule has 2 bridgehead atoms. The molecular weight excluding hydrogens is 172 g/mol. The lowest BCUT2D eigenvalue weighted by molar-refractivity contribution is -0.115. The van der Waals surface area contributed by atoms with Crippen LogP contribution < -0.4 is 0 Å². The lowest BCUT2D eigenvalue weighted by Gasteiger charge is -2.20. The Morgan fingerprint density at radius 2 is 1.71 bits per heavy atom. The first kappa shape index (κ1) is 7.74. The quantitative estimate of drug-likeness (QED) is 0.563. The van der Waals surface area contributed by atoms with Crippen molar-refractivity contribution in [3.8, 4) is 0 Å². The number of carbonyl (C=O) groups is 1. The first-order chi connectivity index (χ1) is 6.86. The van der Waals surface area contributed by atoms with Crippen LogP contribution in [-0.4, -0.2) is 5.78 Å². The monoisotopic (exact) mass is 182 g/mol. The van der Waals surface area contributed by atoms with Gasteiger partial charge in [0.25, 0.3) is 0 Å². The highest BCUT2D eigenvalue weighted by atomic mass is 16.1. The highest BCUT2D eigenvalue weighted by molar-refractivity contribution is 5.98. The Balaban J connectivity index is 2.29. The molecule has 0 heterocycles. The third kappa shape index (κ3) is 0.925. The molecule has 0 aliphatic heterocycles. The minimum absolute atomic E-state index is 0.0406. The summed E-state index contributed by atoms with van der Waals surface area (Å²) >= 11 is 0. The maximum atomic E-state index is 11.7. The summed E-state index contributed by atoms with van der Waals surface area (Å²) in [5.74, 6) is 0.462. The molecule has 1 nitrogen and oxygen atoms in total. The topological polar surface area (TPSA) is 17.1 Å². The van der Waals surface area contributed by atoms with Crippen LogP contribution in [0.4, 0.5) is 0 Å². The maximum Gasteiger partial charge on any atom is 0.166 e. The number of benzene rings is 1. The van der Waals surface area contributed by atoms with E-state index in [1.165, 1.54) is 11.1 Å². The van der Waals surface area contributed by atoms with Crippen molar-refractivity contribution in [2.24, 2.45) is 0 Å². The smallest absolute Gasteiger partial charge is 0.166 e. The molecule has 1 aromatic carbocycles. The second-order valence-corrected chi connectivity index (χ2v) is 3.78. The largest absolute Gasteiger partial charge is 0.294 e. The van der Waals surface area contributed by atoms with Crippen molar-refractivity contribution in [1.29, 1.82) is 0 Å². The van der Waals surface area contributed by atoms with Crippen LogP contribution in [0.15, 0.2) is 48.6 Å².